The van der Waals surface area contributed by atoms with E-state index in [1.54, 1.807) is 0 Å². The quantitative estimate of drug-likeness (QED) is 0.660. The largest absolute Gasteiger partial charge is 0.243 e. The lowest BCUT2D eigenvalue weighted by Gasteiger charge is -2.13. The molecule has 0 atom stereocenters. The van der Waals surface area contributed by atoms with Gasteiger partial charge in [-0.15, -0.1) is 0 Å². The summed E-state index contributed by atoms with van der Waals surface area (Å²) in [4.78, 5) is 0. The Morgan fingerprint density at radius 1 is 0.810 bits per heavy atom. The van der Waals surface area contributed by atoms with E-state index in [-0.39, 0.29) is 18.5 Å². The molecule has 2 aromatic heterocycles. The van der Waals surface area contributed by atoms with Gasteiger partial charge < -0.3 is 0 Å². The Bertz CT molecular complexity index is 513. The Morgan fingerprint density at radius 2 is 1.33 bits per heavy atom. The van der Waals surface area contributed by atoms with Crippen molar-refractivity contribution in [2.75, 3.05) is 0 Å². The Balaban J connectivity index is 0.000000364. The van der Waals surface area contributed by atoms with Crippen LogP contribution in [0.2, 0.25) is 0 Å². The zero-order valence-corrected chi connectivity index (χ0v) is 14.0. The fourth-order valence-electron chi connectivity index (χ4n) is 1.69. The van der Waals surface area contributed by atoms with Gasteiger partial charge in [-0.2, -0.15) is 0 Å². The fraction of sp³-hybridized carbons (Fsp3) is 0.556. The first kappa shape index (κ1) is 19.4. The number of pyridine rings is 1. The monoisotopic (exact) mass is 291 g/mol. The molecule has 2 heterocycles. The van der Waals surface area contributed by atoms with Gasteiger partial charge in [0.1, 0.15) is 17.9 Å². The summed E-state index contributed by atoms with van der Waals surface area (Å²) in [5.74, 6) is 0. The van der Waals surface area contributed by atoms with E-state index in [1.807, 2.05) is 36.0 Å². The van der Waals surface area contributed by atoms with Crippen LogP contribution >= 0.6 is 0 Å². The lowest BCUT2D eigenvalue weighted by atomic mass is 10.1. The Morgan fingerprint density at radius 3 is 1.57 bits per heavy atom. The lowest BCUT2D eigenvalue weighted by Crippen LogP contribution is -2.49. The minimum Gasteiger partial charge on any atom is -0.240 e. The summed E-state index contributed by atoms with van der Waals surface area (Å²) in [5, 5.41) is 0. The molecule has 0 saturated heterocycles. The van der Waals surface area contributed by atoms with Crippen LogP contribution in [0.25, 0.3) is 0 Å². The van der Waals surface area contributed by atoms with Crippen molar-refractivity contribution < 1.29 is 9.13 Å². The molecule has 0 amide bonds. The normalized spacial score (nSPS) is 11.2. The van der Waals surface area contributed by atoms with E-state index in [2.05, 4.69) is 75.6 Å². The molecule has 0 aromatic carbocycles. The highest BCUT2D eigenvalue weighted by Gasteiger charge is 2.19. The zero-order valence-electron chi connectivity index (χ0n) is 14.0. The predicted octanol–water partition coefficient (Wildman–Crippen LogP) is 3.43. The summed E-state index contributed by atoms with van der Waals surface area (Å²) in [6, 6.07) is 6.12. The van der Waals surface area contributed by atoms with Crippen molar-refractivity contribution >= 4 is 0 Å². The fourth-order valence-corrected chi connectivity index (χ4v) is 1.69. The Kier molecular flexibility index (Phi) is 6.81. The van der Waals surface area contributed by atoms with E-state index in [9.17, 15) is 0 Å². The summed E-state index contributed by atoms with van der Waals surface area (Å²) >= 11 is 0. The van der Waals surface area contributed by atoms with E-state index in [0.717, 1.165) is 0 Å². The highest BCUT2D eigenvalue weighted by Crippen LogP contribution is 2.10. The van der Waals surface area contributed by atoms with Gasteiger partial charge in [-0.25, -0.2) is 13.7 Å². The third-order valence-electron chi connectivity index (χ3n) is 3.03. The van der Waals surface area contributed by atoms with Crippen molar-refractivity contribution in [1.82, 2.24) is 4.57 Å². The highest BCUT2D eigenvalue weighted by atomic mass is 15.1. The van der Waals surface area contributed by atoms with E-state index in [1.165, 1.54) is 0 Å². The molecule has 0 saturated carbocycles. The van der Waals surface area contributed by atoms with Crippen molar-refractivity contribution in [2.24, 2.45) is 7.05 Å². The molecule has 3 heteroatoms. The molecule has 3 nitrogen and oxygen atoms in total. The minimum atomic E-state index is 0. The van der Waals surface area contributed by atoms with Crippen molar-refractivity contribution in [2.45, 2.75) is 60.0 Å². The molecule has 0 aliphatic heterocycles. The smallest absolute Gasteiger partial charge is 0.240 e. The average Bonchev–Trinajstić information content (AvgIpc) is 2.77. The van der Waals surface area contributed by atoms with Crippen LogP contribution in [-0.2, 0) is 18.1 Å². The predicted molar refractivity (Wildman–Crippen MR) is 89.0 cm³/mol. The van der Waals surface area contributed by atoms with Crippen LogP contribution in [0, 0.1) is 0 Å². The number of hydrogen-bond donors (Lipinski definition) is 0. The molecule has 2 aromatic rings. The summed E-state index contributed by atoms with van der Waals surface area (Å²) in [5.41, 5.74) is 0.419. The summed E-state index contributed by atoms with van der Waals surface area (Å²) < 4.78 is 6.42. The molecule has 0 aliphatic rings. The van der Waals surface area contributed by atoms with Crippen LogP contribution in [0.5, 0.6) is 0 Å². The third kappa shape index (κ3) is 6.56. The van der Waals surface area contributed by atoms with Crippen molar-refractivity contribution in [3.05, 3.63) is 49.3 Å². The van der Waals surface area contributed by atoms with E-state index >= 15 is 0 Å². The van der Waals surface area contributed by atoms with Crippen molar-refractivity contribution in [3.8, 4) is 0 Å². The molecular weight excluding hydrogens is 258 g/mol. The van der Waals surface area contributed by atoms with Crippen LogP contribution in [-0.4, -0.2) is 4.57 Å². The minimum absolute atomic E-state index is 0. The van der Waals surface area contributed by atoms with Gasteiger partial charge in [0, 0.05) is 32.9 Å². The van der Waals surface area contributed by atoms with Crippen molar-refractivity contribution in [1.29, 1.82) is 0 Å². The van der Waals surface area contributed by atoms with Crippen LogP contribution in [0.15, 0.2) is 49.3 Å². The number of aryl methyl sites for hydroxylation is 1. The number of nitrogens with zero attached hydrogens (tertiary/aromatic N) is 3. The molecule has 0 radical (unpaired) electrons. The lowest BCUT2D eigenvalue weighted by molar-refractivity contribution is -0.754. The van der Waals surface area contributed by atoms with Gasteiger partial charge in [-0.3, -0.25) is 0 Å². The summed E-state index contributed by atoms with van der Waals surface area (Å²) in [7, 11) is 2.03. The van der Waals surface area contributed by atoms with Crippen LogP contribution in [0.4, 0.5) is 0 Å². The SMILES string of the molecule is C.CC(C)(C)[n+]1ccccc1.C[n+]1ccn(C(C)(C)C)c1. The van der Waals surface area contributed by atoms with Gasteiger partial charge in [0.2, 0.25) is 6.33 Å². The van der Waals surface area contributed by atoms with Crippen LogP contribution in [0.1, 0.15) is 49.0 Å². The van der Waals surface area contributed by atoms with Gasteiger partial charge in [0.25, 0.3) is 0 Å². The Hall–Kier alpha value is -1.64. The first-order valence-electron chi connectivity index (χ1n) is 7.11. The number of hydrogen-bond acceptors (Lipinski definition) is 0. The topological polar surface area (TPSA) is 12.7 Å². The first-order valence-corrected chi connectivity index (χ1v) is 7.11. The molecule has 0 unspecified atom stereocenters. The molecule has 0 bridgehead atoms. The standard InChI is InChI=1S/C9H14N.C8H15N2.CH4/c1-9(2,3)10-7-5-4-6-8-10;1-8(2,3)10-6-5-9(4)7-10;/h4-8H,1-3H3;5-7H,1-4H3;1H4/q2*+1;. The second-order valence-electron chi connectivity index (χ2n) is 7.11. The molecule has 118 valence electrons. The molecule has 0 fully saturated rings. The molecular formula is C18H33N3+2. The molecule has 21 heavy (non-hydrogen) atoms. The van der Waals surface area contributed by atoms with Gasteiger partial charge >= 0.3 is 0 Å². The maximum Gasteiger partial charge on any atom is 0.243 e. The average molecular weight is 291 g/mol. The van der Waals surface area contributed by atoms with Crippen molar-refractivity contribution in [3.63, 3.8) is 0 Å². The van der Waals surface area contributed by atoms with Gasteiger partial charge in [0.15, 0.2) is 17.9 Å². The Labute approximate surface area is 130 Å². The zero-order chi connectivity index (χ0) is 15.4. The van der Waals surface area contributed by atoms with E-state index in [0.29, 0.717) is 0 Å². The highest BCUT2D eigenvalue weighted by molar-refractivity contribution is 4.84. The third-order valence-corrected chi connectivity index (χ3v) is 3.03. The first-order chi connectivity index (χ1) is 9.10. The van der Waals surface area contributed by atoms with Gasteiger partial charge in [0.05, 0.1) is 7.05 Å². The van der Waals surface area contributed by atoms with E-state index in [4.69, 9.17) is 0 Å². The summed E-state index contributed by atoms with van der Waals surface area (Å²) in [6.07, 6.45) is 10.4. The molecule has 0 aliphatic carbocycles. The van der Waals surface area contributed by atoms with Crippen LogP contribution in [0.3, 0.4) is 0 Å². The second-order valence-corrected chi connectivity index (χ2v) is 7.11. The maximum atomic E-state index is 2.19. The molecule has 0 N–H and O–H groups in total. The van der Waals surface area contributed by atoms with Crippen LogP contribution < -0.4 is 9.13 Å². The summed E-state index contributed by atoms with van der Waals surface area (Å²) in [6.45, 7) is 13.1. The number of aromatic nitrogens is 3. The van der Waals surface area contributed by atoms with Gasteiger partial charge in [-0.05, 0) is 20.8 Å². The number of imidazole rings is 1. The maximum absolute atomic E-state index is 2.19. The second kappa shape index (κ2) is 7.39. The van der Waals surface area contributed by atoms with E-state index < -0.39 is 0 Å². The molecule has 2 rings (SSSR count). The van der Waals surface area contributed by atoms with Gasteiger partial charge in [-0.1, -0.05) is 13.5 Å². The number of rotatable bonds is 0. The molecule has 0 spiro atoms.